The standard InChI is InChI=1S/C13H16F3NO2S/c1-8(2)18-5-6-19-9-3-4-11(13(14,15)16)10(7-9)12(17)20/h3-4,7-8H,5-6H2,1-2H3,(H2,17,20). The summed E-state index contributed by atoms with van der Waals surface area (Å²) in [6.07, 6.45) is -4.43. The molecule has 0 fully saturated rings. The number of hydrogen-bond acceptors (Lipinski definition) is 3. The molecule has 0 unspecified atom stereocenters. The van der Waals surface area contributed by atoms with Gasteiger partial charge in [0.15, 0.2) is 0 Å². The monoisotopic (exact) mass is 307 g/mol. The van der Waals surface area contributed by atoms with Crippen LogP contribution in [0.1, 0.15) is 25.0 Å². The zero-order valence-corrected chi connectivity index (χ0v) is 12.0. The van der Waals surface area contributed by atoms with E-state index in [0.717, 1.165) is 6.07 Å². The molecule has 0 aliphatic heterocycles. The van der Waals surface area contributed by atoms with E-state index in [1.807, 2.05) is 13.8 Å². The van der Waals surface area contributed by atoms with E-state index in [-0.39, 0.29) is 29.0 Å². The molecule has 0 aliphatic rings. The van der Waals surface area contributed by atoms with E-state index in [1.165, 1.54) is 12.1 Å². The molecule has 3 nitrogen and oxygen atoms in total. The minimum Gasteiger partial charge on any atom is -0.491 e. The maximum absolute atomic E-state index is 12.8. The molecule has 0 aromatic heterocycles. The van der Waals surface area contributed by atoms with Crippen LogP contribution in [-0.2, 0) is 10.9 Å². The van der Waals surface area contributed by atoms with Crippen molar-refractivity contribution in [1.82, 2.24) is 0 Å². The first kappa shape index (κ1) is 16.7. The third-order valence-electron chi connectivity index (χ3n) is 2.37. The van der Waals surface area contributed by atoms with Crippen molar-refractivity contribution < 1.29 is 22.6 Å². The highest BCUT2D eigenvalue weighted by Crippen LogP contribution is 2.33. The van der Waals surface area contributed by atoms with Crippen LogP contribution in [0.4, 0.5) is 13.2 Å². The summed E-state index contributed by atoms with van der Waals surface area (Å²) >= 11 is 4.65. The Morgan fingerprint density at radius 2 is 1.95 bits per heavy atom. The lowest BCUT2D eigenvalue weighted by Crippen LogP contribution is -2.18. The Morgan fingerprint density at radius 1 is 1.30 bits per heavy atom. The number of benzene rings is 1. The van der Waals surface area contributed by atoms with Crippen LogP contribution in [0.5, 0.6) is 5.75 Å². The summed E-state index contributed by atoms with van der Waals surface area (Å²) in [6, 6.07) is 3.34. The van der Waals surface area contributed by atoms with Crippen LogP contribution in [0.3, 0.4) is 0 Å². The highest BCUT2D eigenvalue weighted by molar-refractivity contribution is 7.80. The van der Waals surface area contributed by atoms with Gasteiger partial charge < -0.3 is 15.2 Å². The zero-order valence-electron chi connectivity index (χ0n) is 11.2. The van der Waals surface area contributed by atoms with Gasteiger partial charge in [0, 0.05) is 5.56 Å². The Bertz CT molecular complexity index is 475. The first-order valence-corrected chi connectivity index (χ1v) is 6.38. The molecule has 0 aliphatic carbocycles. The van der Waals surface area contributed by atoms with Gasteiger partial charge in [0.1, 0.15) is 17.3 Å². The molecular formula is C13H16F3NO2S. The Kier molecular flexibility index (Phi) is 5.76. The van der Waals surface area contributed by atoms with Crippen LogP contribution in [-0.4, -0.2) is 24.3 Å². The highest BCUT2D eigenvalue weighted by Gasteiger charge is 2.34. The first-order valence-electron chi connectivity index (χ1n) is 5.97. The van der Waals surface area contributed by atoms with Gasteiger partial charge in [-0.05, 0) is 32.0 Å². The lowest BCUT2D eigenvalue weighted by molar-refractivity contribution is -0.137. The van der Waals surface area contributed by atoms with Gasteiger partial charge in [-0.25, -0.2) is 0 Å². The van der Waals surface area contributed by atoms with Crippen LogP contribution in [0.25, 0.3) is 0 Å². The second-order valence-electron chi connectivity index (χ2n) is 4.34. The summed E-state index contributed by atoms with van der Waals surface area (Å²) in [6.45, 7) is 4.34. The predicted molar refractivity (Wildman–Crippen MR) is 73.9 cm³/mol. The van der Waals surface area contributed by atoms with E-state index in [4.69, 9.17) is 15.2 Å². The van der Waals surface area contributed by atoms with Gasteiger partial charge in [-0.3, -0.25) is 0 Å². The number of thiocarbonyl (C=S) groups is 1. The van der Waals surface area contributed by atoms with Crippen molar-refractivity contribution in [3.63, 3.8) is 0 Å². The molecule has 0 amide bonds. The third-order valence-corrected chi connectivity index (χ3v) is 2.59. The molecule has 0 spiro atoms. The number of alkyl halides is 3. The number of hydrogen-bond donors (Lipinski definition) is 1. The summed E-state index contributed by atoms with van der Waals surface area (Å²) in [7, 11) is 0. The largest absolute Gasteiger partial charge is 0.491 e. The zero-order chi connectivity index (χ0) is 15.3. The predicted octanol–water partition coefficient (Wildman–Crippen LogP) is 3.14. The summed E-state index contributed by atoms with van der Waals surface area (Å²) < 4.78 is 48.9. The van der Waals surface area contributed by atoms with Crippen LogP contribution in [0.15, 0.2) is 18.2 Å². The van der Waals surface area contributed by atoms with Gasteiger partial charge in [-0.15, -0.1) is 0 Å². The van der Waals surface area contributed by atoms with Crippen LogP contribution < -0.4 is 10.5 Å². The highest BCUT2D eigenvalue weighted by atomic mass is 32.1. The van der Waals surface area contributed by atoms with Crippen molar-refractivity contribution in [1.29, 1.82) is 0 Å². The number of halogens is 3. The molecule has 20 heavy (non-hydrogen) atoms. The number of ether oxygens (including phenoxy) is 2. The quantitative estimate of drug-likeness (QED) is 0.648. The summed E-state index contributed by atoms with van der Waals surface area (Å²) in [4.78, 5) is -0.318. The minimum absolute atomic E-state index is 0.0679. The molecule has 1 rings (SSSR count). The second kappa shape index (κ2) is 6.90. The molecule has 0 saturated heterocycles. The van der Waals surface area contributed by atoms with E-state index in [0.29, 0.717) is 6.61 Å². The number of rotatable bonds is 6. The van der Waals surface area contributed by atoms with Gasteiger partial charge in [0.05, 0.1) is 18.3 Å². The van der Waals surface area contributed by atoms with Crippen molar-refractivity contribution in [2.24, 2.45) is 5.73 Å². The SMILES string of the molecule is CC(C)OCCOc1ccc(C(F)(F)F)c(C(N)=S)c1. The molecule has 0 saturated carbocycles. The van der Waals surface area contributed by atoms with Gasteiger partial charge in [-0.1, -0.05) is 12.2 Å². The Hall–Kier alpha value is -1.34. The second-order valence-corrected chi connectivity index (χ2v) is 4.78. The first-order chi connectivity index (χ1) is 9.21. The van der Waals surface area contributed by atoms with Crippen molar-refractivity contribution in [2.75, 3.05) is 13.2 Å². The van der Waals surface area contributed by atoms with E-state index >= 15 is 0 Å². The van der Waals surface area contributed by atoms with E-state index < -0.39 is 11.7 Å². The van der Waals surface area contributed by atoms with Crippen LogP contribution in [0.2, 0.25) is 0 Å². The van der Waals surface area contributed by atoms with Gasteiger partial charge in [0.2, 0.25) is 0 Å². The third kappa shape index (κ3) is 4.97. The maximum atomic E-state index is 12.8. The normalized spacial score (nSPS) is 11.7. The van der Waals surface area contributed by atoms with Gasteiger partial charge >= 0.3 is 6.18 Å². The van der Waals surface area contributed by atoms with Gasteiger partial charge in [0.25, 0.3) is 0 Å². The Morgan fingerprint density at radius 3 is 2.45 bits per heavy atom. The lowest BCUT2D eigenvalue weighted by atomic mass is 10.1. The molecule has 112 valence electrons. The van der Waals surface area contributed by atoms with E-state index in [2.05, 4.69) is 12.2 Å². The average Bonchev–Trinajstić information content (AvgIpc) is 2.33. The lowest BCUT2D eigenvalue weighted by Gasteiger charge is -2.14. The van der Waals surface area contributed by atoms with Gasteiger partial charge in [-0.2, -0.15) is 13.2 Å². The minimum atomic E-state index is -4.50. The smallest absolute Gasteiger partial charge is 0.417 e. The molecule has 0 heterocycles. The van der Waals surface area contributed by atoms with Crippen LogP contribution >= 0.6 is 12.2 Å². The number of nitrogens with two attached hydrogens (primary N) is 1. The molecule has 2 N–H and O–H groups in total. The van der Waals surface area contributed by atoms with Crippen molar-refractivity contribution in [2.45, 2.75) is 26.1 Å². The topological polar surface area (TPSA) is 44.5 Å². The fourth-order valence-corrected chi connectivity index (χ4v) is 1.68. The van der Waals surface area contributed by atoms with Crippen molar-refractivity contribution >= 4 is 17.2 Å². The molecule has 1 aromatic rings. The molecule has 0 bridgehead atoms. The molecule has 1 aromatic carbocycles. The summed E-state index contributed by atoms with van der Waals surface area (Å²) in [5, 5.41) is 0. The van der Waals surface area contributed by atoms with Crippen molar-refractivity contribution in [3.05, 3.63) is 29.3 Å². The fourth-order valence-electron chi connectivity index (χ4n) is 1.51. The maximum Gasteiger partial charge on any atom is 0.417 e. The van der Waals surface area contributed by atoms with Crippen molar-refractivity contribution in [3.8, 4) is 5.75 Å². The Labute approximate surface area is 120 Å². The Balaban J connectivity index is 2.81. The molecular weight excluding hydrogens is 291 g/mol. The van der Waals surface area contributed by atoms with Crippen LogP contribution in [0, 0.1) is 0 Å². The van der Waals surface area contributed by atoms with E-state index in [1.54, 1.807) is 0 Å². The fraction of sp³-hybridized carbons (Fsp3) is 0.462. The molecule has 0 radical (unpaired) electrons. The molecule has 7 heteroatoms. The van der Waals surface area contributed by atoms with E-state index in [9.17, 15) is 13.2 Å². The molecule has 0 atom stereocenters. The summed E-state index contributed by atoms with van der Waals surface area (Å²) in [5.41, 5.74) is 4.22. The average molecular weight is 307 g/mol. The summed E-state index contributed by atoms with van der Waals surface area (Å²) in [5.74, 6) is 0.271.